The number of rotatable bonds is 5. The van der Waals surface area contributed by atoms with Crippen molar-refractivity contribution in [3.8, 4) is 0 Å². The zero-order valence-corrected chi connectivity index (χ0v) is 17.4. The number of carbonyl (C=O) groups excluding carboxylic acids is 5. The second kappa shape index (κ2) is 6.84. The third-order valence-corrected chi connectivity index (χ3v) is 5.91. The zero-order chi connectivity index (χ0) is 22.7. The highest BCUT2D eigenvalue weighted by Crippen LogP contribution is 2.59. The van der Waals surface area contributed by atoms with E-state index in [1.54, 1.807) is 31.2 Å². The fourth-order valence-electron chi connectivity index (χ4n) is 4.68. The van der Waals surface area contributed by atoms with Gasteiger partial charge in [0.25, 0.3) is 6.29 Å². The summed E-state index contributed by atoms with van der Waals surface area (Å²) in [5, 5.41) is 0. The van der Waals surface area contributed by atoms with Crippen LogP contribution in [0, 0.1) is 11.8 Å². The van der Waals surface area contributed by atoms with Gasteiger partial charge in [-0.05, 0) is 32.1 Å². The van der Waals surface area contributed by atoms with Crippen molar-refractivity contribution in [1.82, 2.24) is 0 Å². The fraction of sp³-hybridized carbons (Fsp3) is 0.409. The molecule has 0 unspecified atom stereocenters. The number of ether oxygens (including phenoxy) is 3. The lowest BCUT2D eigenvalue weighted by Crippen LogP contribution is -2.52. The Morgan fingerprint density at radius 3 is 2.19 bits per heavy atom. The minimum Gasteiger partial charge on any atom is -0.422 e. The van der Waals surface area contributed by atoms with Gasteiger partial charge in [-0.3, -0.25) is 24.0 Å². The number of ketones is 1. The summed E-state index contributed by atoms with van der Waals surface area (Å²) in [6.07, 6.45) is 1.59. The lowest BCUT2D eigenvalue weighted by atomic mass is 9.72. The molecule has 9 heteroatoms. The zero-order valence-electron chi connectivity index (χ0n) is 17.4. The van der Waals surface area contributed by atoms with Gasteiger partial charge < -0.3 is 14.2 Å². The summed E-state index contributed by atoms with van der Waals surface area (Å²) in [5.74, 6) is -4.78. The van der Waals surface area contributed by atoms with E-state index in [0.29, 0.717) is 5.56 Å². The van der Waals surface area contributed by atoms with Crippen LogP contribution in [0.4, 0.5) is 5.69 Å². The smallest absolute Gasteiger partial charge is 0.305 e. The van der Waals surface area contributed by atoms with Crippen molar-refractivity contribution in [3.05, 3.63) is 42.0 Å². The van der Waals surface area contributed by atoms with Crippen molar-refractivity contribution in [2.45, 2.75) is 45.2 Å². The van der Waals surface area contributed by atoms with Gasteiger partial charge in [0.05, 0.1) is 23.1 Å². The van der Waals surface area contributed by atoms with Gasteiger partial charge >= 0.3 is 11.9 Å². The molecule has 0 aliphatic carbocycles. The molecule has 2 saturated heterocycles. The molecule has 0 saturated carbocycles. The average Bonchev–Trinajstić information content (AvgIpc) is 3.26. The van der Waals surface area contributed by atoms with Gasteiger partial charge in [0.1, 0.15) is 0 Å². The van der Waals surface area contributed by atoms with E-state index in [1.807, 2.05) is 0 Å². The Labute approximate surface area is 177 Å². The van der Waals surface area contributed by atoms with Gasteiger partial charge in [-0.25, -0.2) is 4.90 Å². The summed E-state index contributed by atoms with van der Waals surface area (Å²) in [6, 6.07) is 6.21. The maximum absolute atomic E-state index is 13.5. The maximum atomic E-state index is 13.5. The van der Waals surface area contributed by atoms with Crippen LogP contribution in [-0.4, -0.2) is 47.0 Å². The molecule has 0 aromatic heterocycles. The SMILES string of the molecule is CC(=O)OC(OC(C)=O)[C@@]12C=C[C@](C)(O1)[C@H]1C(=O)N(c3cccc(C(C)=O)c3)C(=O)[C@@H]12. The summed E-state index contributed by atoms with van der Waals surface area (Å²) < 4.78 is 16.5. The minimum absolute atomic E-state index is 0.209. The van der Waals surface area contributed by atoms with Gasteiger partial charge in [-0.1, -0.05) is 18.2 Å². The number of benzene rings is 1. The highest BCUT2D eigenvalue weighted by Gasteiger charge is 2.75. The maximum Gasteiger partial charge on any atom is 0.305 e. The molecule has 2 amide bonds. The first kappa shape index (κ1) is 20.9. The Morgan fingerprint density at radius 1 is 1.00 bits per heavy atom. The van der Waals surface area contributed by atoms with Crippen molar-refractivity contribution in [1.29, 1.82) is 0 Å². The van der Waals surface area contributed by atoms with Crippen LogP contribution in [0.25, 0.3) is 0 Å². The summed E-state index contributed by atoms with van der Waals surface area (Å²) in [7, 11) is 0. The first-order valence-corrected chi connectivity index (χ1v) is 9.74. The highest BCUT2D eigenvalue weighted by molar-refractivity contribution is 6.23. The first-order chi connectivity index (χ1) is 14.5. The number of esters is 2. The second-order valence-electron chi connectivity index (χ2n) is 8.10. The molecule has 0 radical (unpaired) electrons. The Morgan fingerprint density at radius 2 is 1.61 bits per heavy atom. The molecule has 31 heavy (non-hydrogen) atoms. The molecule has 4 rings (SSSR count). The predicted molar refractivity (Wildman–Crippen MR) is 105 cm³/mol. The van der Waals surface area contributed by atoms with Crippen molar-refractivity contribution in [2.75, 3.05) is 4.90 Å². The first-order valence-electron chi connectivity index (χ1n) is 9.74. The summed E-state index contributed by atoms with van der Waals surface area (Å²) in [4.78, 5) is 63.0. The van der Waals surface area contributed by atoms with Gasteiger partial charge in [0, 0.05) is 19.4 Å². The largest absolute Gasteiger partial charge is 0.422 e. The van der Waals surface area contributed by atoms with E-state index < -0.39 is 53.1 Å². The van der Waals surface area contributed by atoms with E-state index in [9.17, 15) is 24.0 Å². The van der Waals surface area contributed by atoms with Crippen molar-refractivity contribution in [3.63, 3.8) is 0 Å². The van der Waals surface area contributed by atoms with Crippen molar-refractivity contribution in [2.24, 2.45) is 11.8 Å². The van der Waals surface area contributed by atoms with E-state index in [4.69, 9.17) is 14.2 Å². The Hall–Kier alpha value is -3.33. The molecule has 0 N–H and O–H groups in total. The lowest BCUT2D eigenvalue weighted by Gasteiger charge is -2.34. The average molecular weight is 427 g/mol. The van der Waals surface area contributed by atoms with Crippen LogP contribution < -0.4 is 4.90 Å². The quantitative estimate of drug-likeness (QED) is 0.228. The number of fused-ring (bicyclic) bond motifs is 5. The molecule has 1 aromatic carbocycles. The molecule has 2 fully saturated rings. The molecule has 3 heterocycles. The Bertz CT molecular complexity index is 1050. The van der Waals surface area contributed by atoms with Crippen LogP contribution in [0.15, 0.2) is 36.4 Å². The molecule has 3 aliphatic rings. The van der Waals surface area contributed by atoms with E-state index in [2.05, 4.69) is 0 Å². The molecule has 3 aliphatic heterocycles. The number of Topliss-reactive ketones (excluding diaryl/α,β-unsaturated/α-hetero) is 1. The van der Waals surface area contributed by atoms with Crippen LogP contribution in [0.1, 0.15) is 38.1 Å². The number of hydrogen-bond donors (Lipinski definition) is 0. The number of carbonyl (C=O) groups is 5. The molecular weight excluding hydrogens is 406 g/mol. The Balaban J connectivity index is 1.79. The molecule has 0 spiro atoms. The highest BCUT2D eigenvalue weighted by atomic mass is 16.7. The summed E-state index contributed by atoms with van der Waals surface area (Å²) in [5.41, 5.74) is -2.20. The topological polar surface area (TPSA) is 116 Å². The van der Waals surface area contributed by atoms with Crippen LogP contribution in [0.3, 0.4) is 0 Å². The molecule has 1 aromatic rings. The lowest BCUT2D eigenvalue weighted by molar-refractivity contribution is -0.231. The van der Waals surface area contributed by atoms with E-state index in [-0.39, 0.29) is 11.5 Å². The van der Waals surface area contributed by atoms with Gasteiger partial charge in [-0.15, -0.1) is 0 Å². The number of amides is 2. The number of nitrogens with zero attached hydrogens (tertiary/aromatic N) is 1. The van der Waals surface area contributed by atoms with Crippen LogP contribution in [0.5, 0.6) is 0 Å². The monoisotopic (exact) mass is 427 g/mol. The standard InChI is InChI=1S/C22H21NO8/c1-11(24)14-6-5-7-15(10-14)23-18(27)16-17(19(23)28)22(9-8-21(16,4)31-22)20(29-12(2)25)30-13(3)26/h5-10,16-17,20H,1-4H3/t16-,17-,21+,22+/m1/s1. The third-order valence-electron chi connectivity index (χ3n) is 5.91. The van der Waals surface area contributed by atoms with Gasteiger partial charge in [0.2, 0.25) is 11.8 Å². The minimum atomic E-state index is -1.64. The van der Waals surface area contributed by atoms with Crippen molar-refractivity contribution >= 4 is 35.2 Å². The predicted octanol–water partition coefficient (Wildman–Crippen LogP) is 1.54. The summed E-state index contributed by atoms with van der Waals surface area (Å²) >= 11 is 0. The molecule has 9 nitrogen and oxygen atoms in total. The van der Waals surface area contributed by atoms with Gasteiger partial charge in [-0.2, -0.15) is 0 Å². The number of imide groups is 1. The van der Waals surface area contributed by atoms with E-state index >= 15 is 0 Å². The Kier molecular flexibility index (Phi) is 4.62. The van der Waals surface area contributed by atoms with Crippen LogP contribution in [0.2, 0.25) is 0 Å². The molecule has 162 valence electrons. The van der Waals surface area contributed by atoms with E-state index in [0.717, 1.165) is 18.7 Å². The molecule has 4 atom stereocenters. The van der Waals surface area contributed by atoms with E-state index in [1.165, 1.54) is 19.1 Å². The third kappa shape index (κ3) is 2.99. The summed E-state index contributed by atoms with van der Waals surface area (Å²) in [6.45, 7) is 5.31. The number of hydrogen-bond acceptors (Lipinski definition) is 8. The molecule has 2 bridgehead atoms. The fourth-order valence-corrected chi connectivity index (χ4v) is 4.68. The van der Waals surface area contributed by atoms with Crippen LogP contribution >= 0.6 is 0 Å². The van der Waals surface area contributed by atoms with Crippen molar-refractivity contribution < 1.29 is 38.2 Å². The second-order valence-corrected chi connectivity index (χ2v) is 8.10. The number of anilines is 1. The molecular formula is C22H21NO8. The van der Waals surface area contributed by atoms with Gasteiger partial charge in [0.15, 0.2) is 11.4 Å². The van der Waals surface area contributed by atoms with Crippen LogP contribution in [-0.2, 0) is 33.4 Å². The normalized spacial score (nSPS) is 30.7.